The summed E-state index contributed by atoms with van der Waals surface area (Å²) in [6.07, 6.45) is 6.66. The van der Waals surface area contributed by atoms with Crippen LogP contribution in [-0.4, -0.2) is 38.3 Å². The van der Waals surface area contributed by atoms with E-state index in [0.29, 0.717) is 16.6 Å². The van der Waals surface area contributed by atoms with Gasteiger partial charge in [0.25, 0.3) is 5.91 Å². The van der Waals surface area contributed by atoms with E-state index in [1.54, 1.807) is 23.2 Å². The fourth-order valence-electron chi connectivity index (χ4n) is 3.55. The Hall–Kier alpha value is -3.39. The van der Waals surface area contributed by atoms with Crippen LogP contribution >= 0.6 is 11.6 Å². The summed E-state index contributed by atoms with van der Waals surface area (Å²) in [6, 6.07) is 5.02. The summed E-state index contributed by atoms with van der Waals surface area (Å²) in [5, 5.41) is 4.91. The highest BCUT2D eigenvalue weighted by atomic mass is 35.5. The van der Waals surface area contributed by atoms with Gasteiger partial charge in [0.05, 0.1) is 17.3 Å². The van der Waals surface area contributed by atoms with Crippen LogP contribution in [-0.2, 0) is 6.54 Å². The Morgan fingerprint density at radius 3 is 2.90 bits per heavy atom. The molecule has 1 aromatic carbocycles. The predicted molar refractivity (Wildman–Crippen MR) is 120 cm³/mol. The molecule has 160 valence electrons. The maximum absolute atomic E-state index is 13.4. The van der Waals surface area contributed by atoms with E-state index >= 15 is 0 Å². The third-order valence-electron chi connectivity index (χ3n) is 5.00. The molecule has 0 aliphatic carbocycles. The number of nitrogens with two attached hydrogens (primary N) is 1. The minimum absolute atomic E-state index is 0.0602. The van der Waals surface area contributed by atoms with Gasteiger partial charge >= 0.3 is 0 Å². The standard InChI is InChI=1S/C22H23ClN6O2/c1-4-15-11-31-21-19(20(24)25-12-26-21)22(30)29(15)16-5-6-17(18(23)7-16)14-8-27-28(10-14)9-13(2)3/h4-8,10,12-13,15H,1,9,11H2,2-3H3,(H2,24,25,26)/t15-/m1/s1. The highest BCUT2D eigenvalue weighted by molar-refractivity contribution is 6.33. The summed E-state index contributed by atoms with van der Waals surface area (Å²) in [5.74, 6) is 0.332. The van der Waals surface area contributed by atoms with Gasteiger partial charge < -0.3 is 10.5 Å². The summed E-state index contributed by atoms with van der Waals surface area (Å²) in [7, 11) is 0. The number of fused-ring (bicyclic) bond motifs is 1. The Bertz CT molecular complexity index is 1140. The van der Waals surface area contributed by atoms with Gasteiger partial charge in [-0.05, 0) is 18.1 Å². The number of ether oxygens (including phenoxy) is 1. The number of carbonyl (C=O) groups is 1. The average molecular weight is 439 g/mol. The highest BCUT2D eigenvalue weighted by Gasteiger charge is 2.34. The maximum atomic E-state index is 13.4. The lowest BCUT2D eigenvalue weighted by Gasteiger charge is -2.27. The van der Waals surface area contributed by atoms with Crippen LogP contribution in [0.15, 0.2) is 49.6 Å². The van der Waals surface area contributed by atoms with Gasteiger partial charge in [0.1, 0.15) is 24.3 Å². The molecular formula is C22H23ClN6O2. The van der Waals surface area contributed by atoms with E-state index in [0.717, 1.165) is 17.7 Å². The lowest BCUT2D eigenvalue weighted by Crippen LogP contribution is -2.41. The van der Waals surface area contributed by atoms with Crippen molar-refractivity contribution in [2.75, 3.05) is 17.2 Å². The smallest absolute Gasteiger partial charge is 0.268 e. The summed E-state index contributed by atoms with van der Waals surface area (Å²) < 4.78 is 7.60. The molecule has 1 aliphatic rings. The molecule has 2 N–H and O–H groups in total. The van der Waals surface area contributed by atoms with Gasteiger partial charge in [0, 0.05) is 29.6 Å². The quantitative estimate of drug-likeness (QED) is 0.608. The molecule has 0 fully saturated rings. The van der Waals surface area contributed by atoms with Crippen molar-refractivity contribution in [3.8, 4) is 17.0 Å². The zero-order valence-corrected chi connectivity index (χ0v) is 18.1. The summed E-state index contributed by atoms with van der Waals surface area (Å²) in [4.78, 5) is 22.9. The predicted octanol–water partition coefficient (Wildman–Crippen LogP) is 3.83. The molecule has 0 saturated heterocycles. The lowest BCUT2D eigenvalue weighted by atomic mass is 10.1. The molecule has 0 spiro atoms. The van der Waals surface area contributed by atoms with E-state index in [-0.39, 0.29) is 29.8 Å². The second-order valence-electron chi connectivity index (χ2n) is 7.74. The largest absolute Gasteiger partial charge is 0.474 e. The van der Waals surface area contributed by atoms with E-state index < -0.39 is 6.04 Å². The molecule has 4 rings (SSSR count). The molecule has 8 nitrogen and oxygen atoms in total. The van der Waals surface area contributed by atoms with Gasteiger partial charge in [0.15, 0.2) is 0 Å². The van der Waals surface area contributed by atoms with Crippen molar-refractivity contribution in [2.45, 2.75) is 26.4 Å². The van der Waals surface area contributed by atoms with Crippen LogP contribution in [0.25, 0.3) is 11.1 Å². The highest BCUT2D eigenvalue weighted by Crippen LogP contribution is 2.35. The number of hydrogen-bond donors (Lipinski definition) is 1. The minimum Gasteiger partial charge on any atom is -0.474 e. The Morgan fingerprint density at radius 1 is 1.39 bits per heavy atom. The minimum atomic E-state index is -0.434. The van der Waals surface area contributed by atoms with Crippen LogP contribution in [0, 0.1) is 5.92 Å². The van der Waals surface area contributed by atoms with Gasteiger partial charge in [-0.15, -0.1) is 6.58 Å². The molecule has 0 bridgehead atoms. The number of benzene rings is 1. The zero-order chi connectivity index (χ0) is 22.1. The van der Waals surface area contributed by atoms with Gasteiger partial charge in [-0.2, -0.15) is 5.10 Å². The summed E-state index contributed by atoms with van der Waals surface area (Å²) >= 11 is 6.63. The Labute approximate surface area is 185 Å². The fraction of sp³-hybridized carbons (Fsp3) is 0.273. The van der Waals surface area contributed by atoms with Crippen LogP contribution < -0.4 is 15.4 Å². The Balaban J connectivity index is 1.72. The van der Waals surface area contributed by atoms with Gasteiger partial charge in [0.2, 0.25) is 5.88 Å². The number of anilines is 2. The average Bonchev–Trinajstić information content (AvgIpc) is 3.11. The number of rotatable bonds is 5. The van der Waals surface area contributed by atoms with E-state index in [4.69, 9.17) is 22.1 Å². The van der Waals surface area contributed by atoms with Crippen molar-refractivity contribution in [3.05, 3.63) is 60.2 Å². The van der Waals surface area contributed by atoms with Crippen LogP contribution in [0.5, 0.6) is 5.88 Å². The van der Waals surface area contributed by atoms with Crippen molar-refractivity contribution in [2.24, 2.45) is 5.92 Å². The fourth-order valence-corrected chi connectivity index (χ4v) is 3.83. The van der Waals surface area contributed by atoms with Crippen molar-refractivity contribution in [1.82, 2.24) is 19.7 Å². The van der Waals surface area contributed by atoms with Crippen LogP contribution in [0.3, 0.4) is 0 Å². The summed E-state index contributed by atoms with van der Waals surface area (Å²) in [6.45, 7) is 9.12. The van der Waals surface area contributed by atoms with Gasteiger partial charge in [-0.25, -0.2) is 9.97 Å². The molecule has 1 atom stereocenters. The molecule has 9 heteroatoms. The number of carbonyl (C=O) groups excluding carboxylic acids is 1. The number of hydrogen-bond acceptors (Lipinski definition) is 6. The van der Waals surface area contributed by atoms with Crippen LogP contribution in [0.2, 0.25) is 5.02 Å². The SMILES string of the molecule is C=C[C@@H]1COc2ncnc(N)c2C(=O)N1c1ccc(-c2cnn(CC(C)C)c2)c(Cl)c1. The van der Waals surface area contributed by atoms with E-state index in [1.165, 1.54) is 6.33 Å². The first-order valence-electron chi connectivity index (χ1n) is 9.90. The number of halogens is 1. The topological polar surface area (TPSA) is 99.2 Å². The molecule has 3 aromatic rings. The van der Waals surface area contributed by atoms with Crippen molar-refractivity contribution >= 4 is 29.0 Å². The van der Waals surface area contributed by atoms with E-state index in [9.17, 15) is 4.79 Å². The number of aromatic nitrogens is 4. The van der Waals surface area contributed by atoms with E-state index in [2.05, 4.69) is 35.5 Å². The normalized spacial score (nSPS) is 16.1. The van der Waals surface area contributed by atoms with Crippen molar-refractivity contribution < 1.29 is 9.53 Å². The monoisotopic (exact) mass is 438 g/mol. The van der Waals surface area contributed by atoms with E-state index in [1.807, 2.05) is 23.0 Å². The molecule has 0 saturated carbocycles. The molecule has 1 aliphatic heterocycles. The van der Waals surface area contributed by atoms with Crippen LogP contribution in [0.1, 0.15) is 24.2 Å². The first-order chi connectivity index (χ1) is 14.9. The number of amides is 1. The third kappa shape index (κ3) is 3.98. The first-order valence-corrected chi connectivity index (χ1v) is 10.3. The maximum Gasteiger partial charge on any atom is 0.268 e. The van der Waals surface area contributed by atoms with Crippen molar-refractivity contribution in [1.29, 1.82) is 0 Å². The number of nitrogens with zero attached hydrogens (tertiary/aromatic N) is 5. The Morgan fingerprint density at radius 2 is 2.19 bits per heavy atom. The summed E-state index contributed by atoms with van der Waals surface area (Å²) in [5.41, 5.74) is 8.42. The second-order valence-corrected chi connectivity index (χ2v) is 8.14. The Kier molecular flexibility index (Phi) is 5.65. The molecule has 0 unspecified atom stereocenters. The molecular weight excluding hydrogens is 416 g/mol. The molecule has 1 amide bonds. The number of nitrogen functional groups attached to an aromatic ring is 1. The molecule has 3 heterocycles. The third-order valence-corrected chi connectivity index (χ3v) is 5.31. The zero-order valence-electron chi connectivity index (χ0n) is 17.3. The second kappa shape index (κ2) is 8.39. The lowest BCUT2D eigenvalue weighted by molar-refractivity contribution is 0.0984. The van der Waals surface area contributed by atoms with Gasteiger partial charge in [-0.3, -0.25) is 14.4 Å². The molecule has 2 aromatic heterocycles. The van der Waals surface area contributed by atoms with Gasteiger partial charge in [-0.1, -0.05) is 37.6 Å². The van der Waals surface area contributed by atoms with Crippen LogP contribution in [0.4, 0.5) is 11.5 Å². The molecule has 31 heavy (non-hydrogen) atoms. The first kappa shape index (κ1) is 20.9. The van der Waals surface area contributed by atoms with Crippen molar-refractivity contribution in [3.63, 3.8) is 0 Å². The molecule has 0 radical (unpaired) electrons.